The second kappa shape index (κ2) is 5.42. The number of ether oxygens (including phenoxy) is 2. The Balaban J connectivity index is 3.28. The van der Waals surface area contributed by atoms with Crippen LogP contribution >= 0.6 is 10.7 Å². The quantitative estimate of drug-likeness (QED) is 0.612. The largest absolute Gasteiger partial charge is 0.493 e. The average Bonchev–Trinajstić information content (AvgIpc) is 2.27. The van der Waals surface area contributed by atoms with E-state index >= 15 is 0 Å². The Morgan fingerprint density at radius 2 is 1.88 bits per heavy atom. The van der Waals surface area contributed by atoms with Crippen molar-refractivity contribution >= 4 is 19.7 Å². The molecule has 0 bridgehead atoms. The van der Waals surface area contributed by atoms with Gasteiger partial charge < -0.3 is 9.47 Å². The normalized spacial score (nSPS) is 12.9. The van der Waals surface area contributed by atoms with E-state index < -0.39 is 14.3 Å². The van der Waals surface area contributed by atoms with Gasteiger partial charge in [0.25, 0.3) is 0 Å². The van der Waals surface area contributed by atoms with Crippen molar-refractivity contribution in [2.24, 2.45) is 0 Å². The lowest BCUT2D eigenvalue weighted by molar-refractivity contribution is 0.354. The van der Waals surface area contributed by atoms with E-state index in [0.29, 0.717) is 17.1 Å². The summed E-state index contributed by atoms with van der Waals surface area (Å²) in [6, 6.07) is 4.78. The summed E-state index contributed by atoms with van der Waals surface area (Å²) in [5, 5.41) is -0.969. The zero-order valence-corrected chi connectivity index (χ0v) is 11.1. The van der Waals surface area contributed by atoms with E-state index in [1.807, 2.05) is 0 Å². The fourth-order valence-corrected chi connectivity index (χ4v) is 2.67. The second-order valence-corrected chi connectivity index (χ2v) is 6.00. The highest BCUT2D eigenvalue weighted by atomic mass is 35.7. The summed E-state index contributed by atoms with van der Waals surface area (Å²) in [5.74, 6) is 0.961. The smallest absolute Gasteiger partial charge is 0.243 e. The molecule has 1 unspecified atom stereocenters. The third-order valence-electron chi connectivity index (χ3n) is 2.25. The van der Waals surface area contributed by atoms with Crippen molar-refractivity contribution < 1.29 is 17.9 Å². The molecule has 1 aromatic rings. The first-order chi connectivity index (χ1) is 7.93. The van der Waals surface area contributed by atoms with E-state index in [9.17, 15) is 8.42 Å². The van der Waals surface area contributed by atoms with Crippen molar-refractivity contribution in [3.63, 3.8) is 0 Å². The Labute approximate surface area is 105 Å². The monoisotopic (exact) mass is 276 g/mol. The number of methoxy groups -OCH3 is 2. The maximum atomic E-state index is 11.3. The summed E-state index contributed by atoms with van der Waals surface area (Å²) >= 11 is 0. The lowest BCUT2D eigenvalue weighted by atomic mass is 10.1. The predicted molar refractivity (Wildman–Crippen MR) is 67.3 cm³/mol. The molecule has 0 heterocycles. The highest BCUT2D eigenvalue weighted by molar-refractivity contribution is 8.14. The Hall–Kier alpha value is -1.20. The topological polar surface area (TPSA) is 52.6 Å². The molecule has 4 nitrogen and oxygen atoms in total. The molecule has 17 heavy (non-hydrogen) atoms. The maximum absolute atomic E-state index is 11.3. The number of hydrogen-bond donors (Lipinski definition) is 0. The minimum atomic E-state index is -3.75. The van der Waals surface area contributed by atoms with Crippen LogP contribution in [-0.2, 0) is 9.05 Å². The van der Waals surface area contributed by atoms with Gasteiger partial charge in [0.15, 0.2) is 11.5 Å². The van der Waals surface area contributed by atoms with Crippen LogP contribution in [0.4, 0.5) is 0 Å². The van der Waals surface area contributed by atoms with Crippen LogP contribution < -0.4 is 9.47 Å². The summed E-state index contributed by atoms with van der Waals surface area (Å²) in [6.07, 6.45) is 1.27. The Morgan fingerprint density at radius 3 is 2.29 bits per heavy atom. The molecular weight excluding hydrogens is 264 g/mol. The fourth-order valence-electron chi connectivity index (χ4n) is 1.44. The van der Waals surface area contributed by atoms with Gasteiger partial charge in [-0.15, -0.1) is 6.58 Å². The molecule has 0 fully saturated rings. The van der Waals surface area contributed by atoms with Gasteiger partial charge in [-0.05, 0) is 17.7 Å². The lowest BCUT2D eigenvalue weighted by Crippen LogP contribution is -2.04. The average molecular weight is 277 g/mol. The minimum absolute atomic E-state index is 0.442. The molecule has 94 valence electrons. The summed E-state index contributed by atoms with van der Waals surface area (Å²) < 4.78 is 32.8. The summed E-state index contributed by atoms with van der Waals surface area (Å²) in [5.41, 5.74) is 0.479. The van der Waals surface area contributed by atoms with Gasteiger partial charge in [0.1, 0.15) is 5.25 Å². The SMILES string of the molecule is C=CC(c1ccc(OC)c(OC)c1)S(=O)(=O)Cl. The van der Waals surface area contributed by atoms with Gasteiger partial charge in [-0.1, -0.05) is 12.1 Å². The van der Waals surface area contributed by atoms with Crippen molar-refractivity contribution in [3.05, 3.63) is 36.4 Å². The van der Waals surface area contributed by atoms with Crippen molar-refractivity contribution in [1.29, 1.82) is 0 Å². The van der Waals surface area contributed by atoms with Gasteiger partial charge in [0.05, 0.1) is 14.2 Å². The molecule has 1 aromatic carbocycles. The summed E-state index contributed by atoms with van der Waals surface area (Å²) in [7, 11) is 4.55. The molecule has 0 aliphatic heterocycles. The van der Waals surface area contributed by atoms with E-state index in [0.717, 1.165) is 0 Å². The third-order valence-corrected chi connectivity index (χ3v) is 3.90. The van der Waals surface area contributed by atoms with E-state index in [1.54, 1.807) is 18.2 Å². The van der Waals surface area contributed by atoms with Gasteiger partial charge in [0, 0.05) is 10.7 Å². The first-order valence-electron chi connectivity index (χ1n) is 4.72. The molecule has 1 atom stereocenters. The standard InChI is InChI=1S/C11H13ClO4S/c1-4-11(17(12,13)14)8-5-6-9(15-2)10(7-8)16-3/h4-7,11H,1H2,2-3H3. The third kappa shape index (κ3) is 3.14. The van der Waals surface area contributed by atoms with E-state index in [1.165, 1.54) is 20.3 Å². The first-order valence-corrected chi connectivity index (χ1v) is 7.09. The number of benzene rings is 1. The van der Waals surface area contributed by atoms with Crippen LogP contribution in [0.15, 0.2) is 30.9 Å². The first kappa shape index (κ1) is 13.9. The minimum Gasteiger partial charge on any atom is -0.493 e. The Bertz CT molecular complexity index is 510. The molecule has 6 heteroatoms. The molecule has 0 saturated carbocycles. The molecule has 1 rings (SSSR count). The molecule has 0 aromatic heterocycles. The van der Waals surface area contributed by atoms with Gasteiger partial charge in [0.2, 0.25) is 9.05 Å². The van der Waals surface area contributed by atoms with Crippen LogP contribution in [0.3, 0.4) is 0 Å². The van der Waals surface area contributed by atoms with E-state index in [4.69, 9.17) is 20.2 Å². The van der Waals surface area contributed by atoms with Crippen LogP contribution in [-0.4, -0.2) is 22.6 Å². The lowest BCUT2D eigenvalue weighted by Gasteiger charge is -2.13. The number of halogens is 1. The maximum Gasteiger partial charge on any atom is 0.243 e. The van der Waals surface area contributed by atoms with Gasteiger partial charge >= 0.3 is 0 Å². The van der Waals surface area contributed by atoms with E-state index in [2.05, 4.69) is 6.58 Å². The van der Waals surface area contributed by atoms with Gasteiger partial charge in [-0.3, -0.25) is 0 Å². The molecule has 0 amide bonds. The molecule has 0 N–H and O–H groups in total. The molecular formula is C11H13ClO4S. The molecule has 0 aliphatic rings. The number of rotatable bonds is 5. The zero-order valence-electron chi connectivity index (χ0n) is 9.51. The Kier molecular flexibility index (Phi) is 4.42. The van der Waals surface area contributed by atoms with Gasteiger partial charge in [-0.2, -0.15) is 0 Å². The summed E-state index contributed by atoms with van der Waals surface area (Å²) in [4.78, 5) is 0. The van der Waals surface area contributed by atoms with Crippen molar-refractivity contribution in [3.8, 4) is 11.5 Å². The van der Waals surface area contributed by atoms with E-state index in [-0.39, 0.29) is 0 Å². The Morgan fingerprint density at radius 1 is 1.29 bits per heavy atom. The molecule has 0 radical (unpaired) electrons. The van der Waals surface area contributed by atoms with Crippen LogP contribution in [0.1, 0.15) is 10.8 Å². The zero-order chi connectivity index (χ0) is 13.1. The van der Waals surface area contributed by atoms with Crippen molar-refractivity contribution in [2.45, 2.75) is 5.25 Å². The van der Waals surface area contributed by atoms with Crippen LogP contribution in [0.2, 0.25) is 0 Å². The fraction of sp³-hybridized carbons (Fsp3) is 0.273. The van der Waals surface area contributed by atoms with Crippen LogP contribution in [0.5, 0.6) is 11.5 Å². The van der Waals surface area contributed by atoms with Crippen LogP contribution in [0.25, 0.3) is 0 Å². The van der Waals surface area contributed by atoms with Crippen LogP contribution in [0, 0.1) is 0 Å². The molecule has 0 aliphatic carbocycles. The highest BCUT2D eigenvalue weighted by Crippen LogP contribution is 2.34. The molecule has 0 spiro atoms. The van der Waals surface area contributed by atoms with Gasteiger partial charge in [-0.25, -0.2) is 8.42 Å². The second-order valence-electron chi connectivity index (χ2n) is 3.25. The molecule has 0 saturated heterocycles. The van der Waals surface area contributed by atoms with Crippen molar-refractivity contribution in [1.82, 2.24) is 0 Å². The van der Waals surface area contributed by atoms with Crippen molar-refractivity contribution in [2.75, 3.05) is 14.2 Å². The highest BCUT2D eigenvalue weighted by Gasteiger charge is 2.22. The number of hydrogen-bond acceptors (Lipinski definition) is 4. The summed E-state index contributed by atoms with van der Waals surface area (Å²) in [6.45, 7) is 3.47. The predicted octanol–water partition coefficient (Wildman–Crippen LogP) is 2.50.